The highest BCUT2D eigenvalue weighted by Crippen LogP contribution is 2.00. The highest BCUT2D eigenvalue weighted by molar-refractivity contribution is 7.80. The maximum atomic E-state index is 11.6. The Morgan fingerprint density at radius 3 is 2.69 bits per heavy atom. The quantitative estimate of drug-likeness (QED) is 0.770. The van der Waals surface area contributed by atoms with Crippen LogP contribution in [-0.2, 0) is 0 Å². The zero-order valence-electron chi connectivity index (χ0n) is 9.36. The van der Waals surface area contributed by atoms with Crippen molar-refractivity contribution in [2.45, 2.75) is 13.8 Å². The molecule has 0 fully saturated rings. The number of hydrogen-bond acceptors (Lipinski definition) is 3. The van der Waals surface area contributed by atoms with Gasteiger partial charge in [-0.15, -0.1) is 0 Å². The van der Waals surface area contributed by atoms with Crippen molar-refractivity contribution in [3.05, 3.63) is 29.6 Å². The first-order chi connectivity index (χ1) is 7.50. The maximum Gasteiger partial charge on any atom is 0.269 e. The number of hydrogen-bond donors (Lipinski definition) is 2. The predicted molar refractivity (Wildman–Crippen MR) is 67.3 cm³/mol. The molecule has 0 aliphatic carbocycles. The number of pyridine rings is 1. The largest absolute Gasteiger partial charge is 0.389 e. The smallest absolute Gasteiger partial charge is 0.269 e. The Morgan fingerprint density at radius 2 is 2.25 bits per heavy atom. The molecule has 1 aromatic heterocycles. The van der Waals surface area contributed by atoms with E-state index in [0.29, 0.717) is 23.7 Å². The second kappa shape index (κ2) is 5.55. The molecule has 86 valence electrons. The van der Waals surface area contributed by atoms with Crippen molar-refractivity contribution in [1.29, 1.82) is 0 Å². The number of nitrogens with one attached hydrogen (secondary N) is 1. The first-order valence-corrected chi connectivity index (χ1v) is 5.45. The Labute approximate surface area is 100 Å². The molecule has 0 atom stereocenters. The summed E-state index contributed by atoms with van der Waals surface area (Å²) in [7, 11) is 0. The highest BCUT2D eigenvalue weighted by atomic mass is 32.1. The molecule has 0 aliphatic rings. The standard InChI is InChI=1S/C11H15N3OS/c1-7(2)5-14-11(15)9-4-3-8(6-13-9)10(12)16/h3-4,6-7H,5H2,1-2H3,(H2,12,16)(H,14,15). The monoisotopic (exact) mass is 237 g/mol. The fourth-order valence-corrected chi connectivity index (χ4v) is 1.18. The van der Waals surface area contributed by atoms with Gasteiger partial charge >= 0.3 is 0 Å². The van der Waals surface area contributed by atoms with Crippen LogP contribution < -0.4 is 11.1 Å². The van der Waals surface area contributed by atoms with Gasteiger partial charge in [-0.2, -0.15) is 0 Å². The predicted octanol–water partition coefficient (Wildman–Crippen LogP) is 1.10. The van der Waals surface area contributed by atoms with Crippen LogP contribution in [0.1, 0.15) is 29.9 Å². The summed E-state index contributed by atoms with van der Waals surface area (Å²) in [6.07, 6.45) is 1.51. The summed E-state index contributed by atoms with van der Waals surface area (Å²) in [6, 6.07) is 3.31. The van der Waals surface area contributed by atoms with E-state index in [1.165, 1.54) is 6.20 Å². The number of thiocarbonyl (C=S) groups is 1. The van der Waals surface area contributed by atoms with Crippen molar-refractivity contribution in [2.24, 2.45) is 11.7 Å². The zero-order valence-corrected chi connectivity index (χ0v) is 10.2. The molecule has 3 N–H and O–H groups in total. The molecule has 5 heteroatoms. The molecule has 16 heavy (non-hydrogen) atoms. The normalized spacial score (nSPS) is 10.2. The molecular weight excluding hydrogens is 222 g/mol. The molecular formula is C11H15N3OS. The molecule has 0 saturated heterocycles. The van der Waals surface area contributed by atoms with E-state index < -0.39 is 0 Å². The lowest BCUT2D eigenvalue weighted by atomic mass is 10.2. The van der Waals surface area contributed by atoms with Crippen LogP contribution in [0.15, 0.2) is 18.3 Å². The number of nitrogens with zero attached hydrogens (tertiary/aromatic N) is 1. The van der Waals surface area contributed by atoms with Crippen molar-refractivity contribution < 1.29 is 4.79 Å². The second-order valence-corrected chi connectivity index (χ2v) is 4.34. The Bertz CT molecular complexity index is 387. The van der Waals surface area contributed by atoms with Gasteiger partial charge in [0.05, 0.1) is 0 Å². The summed E-state index contributed by atoms with van der Waals surface area (Å²) in [5.74, 6) is 0.239. The topological polar surface area (TPSA) is 68.0 Å². The average Bonchev–Trinajstić information content (AvgIpc) is 2.26. The first kappa shape index (κ1) is 12.6. The SMILES string of the molecule is CC(C)CNC(=O)c1ccc(C(N)=S)cn1. The molecule has 1 amide bonds. The summed E-state index contributed by atoms with van der Waals surface area (Å²) in [6.45, 7) is 4.70. The second-order valence-electron chi connectivity index (χ2n) is 3.90. The van der Waals surface area contributed by atoms with Crippen molar-refractivity contribution in [3.8, 4) is 0 Å². The van der Waals surface area contributed by atoms with Crippen LogP contribution >= 0.6 is 12.2 Å². The molecule has 0 unspecified atom stereocenters. The molecule has 0 spiro atoms. The molecule has 1 heterocycles. The van der Waals surface area contributed by atoms with E-state index in [2.05, 4.69) is 10.3 Å². The minimum absolute atomic E-state index is 0.178. The lowest BCUT2D eigenvalue weighted by molar-refractivity contribution is 0.0944. The van der Waals surface area contributed by atoms with Gasteiger partial charge in [0.1, 0.15) is 10.7 Å². The molecule has 0 saturated carbocycles. The zero-order chi connectivity index (χ0) is 12.1. The van der Waals surface area contributed by atoms with Crippen LogP contribution in [-0.4, -0.2) is 22.4 Å². The third-order valence-corrected chi connectivity index (χ3v) is 2.19. The Kier molecular flexibility index (Phi) is 4.37. The van der Waals surface area contributed by atoms with E-state index in [0.717, 1.165) is 0 Å². The van der Waals surface area contributed by atoms with Crippen LogP contribution in [0.2, 0.25) is 0 Å². The molecule has 0 bridgehead atoms. The summed E-state index contributed by atoms with van der Waals surface area (Å²) in [4.78, 5) is 15.9. The van der Waals surface area contributed by atoms with E-state index in [1.807, 2.05) is 13.8 Å². The maximum absolute atomic E-state index is 11.6. The minimum atomic E-state index is -0.178. The fourth-order valence-electron chi connectivity index (χ4n) is 1.06. The molecule has 0 aliphatic heterocycles. The van der Waals surface area contributed by atoms with E-state index in [4.69, 9.17) is 18.0 Å². The van der Waals surface area contributed by atoms with Gasteiger partial charge in [0.15, 0.2) is 0 Å². The van der Waals surface area contributed by atoms with E-state index >= 15 is 0 Å². The Morgan fingerprint density at radius 1 is 1.56 bits per heavy atom. The van der Waals surface area contributed by atoms with Crippen molar-refractivity contribution in [3.63, 3.8) is 0 Å². The summed E-state index contributed by atoms with van der Waals surface area (Å²) < 4.78 is 0. The fraction of sp³-hybridized carbons (Fsp3) is 0.364. The third kappa shape index (κ3) is 3.58. The summed E-state index contributed by atoms with van der Waals surface area (Å²) >= 11 is 4.79. The summed E-state index contributed by atoms with van der Waals surface area (Å²) in [5, 5.41) is 2.78. The van der Waals surface area contributed by atoms with E-state index in [1.54, 1.807) is 12.1 Å². The summed E-state index contributed by atoms with van der Waals surface area (Å²) in [5.41, 5.74) is 6.47. The number of aromatic nitrogens is 1. The average molecular weight is 237 g/mol. The van der Waals surface area contributed by atoms with Crippen LogP contribution in [0.25, 0.3) is 0 Å². The van der Waals surface area contributed by atoms with Gasteiger partial charge in [-0.25, -0.2) is 0 Å². The van der Waals surface area contributed by atoms with Gasteiger partial charge in [-0.05, 0) is 18.1 Å². The minimum Gasteiger partial charge on any atom is -0.389 e. The molecule has 4 nitrogen and oxygen atoms in total. The number of amides is 1. The van der Waals surface area contributed by atoms with Gasteiger partial charge in [-0.3, -0.25) is 9.78 Å². The van der Waals surface area contributed by atoms with Gasteiger partial charge in [-0.1, -0.05) is 26.1 Å². The lowest BCUT2D eigenvalue weighted by Crippen LogP contribution is -2.28. The van der Waals surface area contributed by atoms with Crippen LogP contribution in [0, 0.1) is 5.92 Å². The van der Waals surface area contributed by atoms with E-state index in [9.17, 15) is 4.79 Å². The molecule has 0 radical (unpaired) electrons. The van der Waals surface area contributed by atoms with Crippen LogP contribution in [0.3, 0.4) is 0 Å². The number of carbonyl (C=O) groups excluding carboxylic acids is 1. The van der Waals surface area contributed by atoms with Crippen molar-refractivity contribution in [1.82, 2.24) is 10.3 Å². The Balaban J connectivity index is 2.67. The number of nitrogens with two attached hydrogens (primary N) is 1. The molecule has 1 rings (SSSR count). The van der Waals surface area contributed by atoms with Crippen molar-refractivity contribution >= 4 is 23.1 Å². The molecule has 0 aromatic carbocycles. The number of rotatable bonds is 4. The Hall–Kier alpha value is -1.49. The third-order valence-electron chi connectivity index (χ3n) is 1.95. The highest BCUT2D eigenvalue weighted by Gasteiger charge is 2.07. The van der Waals surface area contributed by atoms with Gasteiger partial charge < -0.3 is 11.1 Å². The van der Waals surface area contributed by atoms with Crippen molar-refractivity contribution in [2.75, 3.05) is 6.54 Å². The lowest BCUT2D eigenvalue weighted by Gasteiger charge is -2.07. The van der Waals surface area contributed by atoms with Crippen LogP contribution in [0.4, 0.5) is 0 Å². The van der Waals surface area contributed by atoms with Crippen LogP contribution in [0.5, 0.6) is 0 Å². The molecule has 1 aromatic rings. The first-order valence-electron chi connectivity index (χ1n) is 5.04. The number of carbonyl (C=O) groups is 1. The van der Waals surface area contributed by atoms with Gasteiger partial charge in [0, 0.05) is 18.3 Å². The van der Waals surface area contributed by atoms with Gasteiger partial charge in [0.25, 0.3) is 5.91 Å². The van der Waals surface area contributed by atoms with Gasteiger partial charge in [0.2, 0.25) is 0 Å². The van der Waals surface area contributed by atoms with E-state index in [-0.39, 0.29) is 10.9 Å².